The van der Waals surface area contributed by atoms with Crippen LogP contribution in [0.2, 0.25) is 0 Å². The summed E-state index contributed by atoms with van der Waals surface area (Å²) in [5, 5.41) is 12.0. The number of aliphatic carboxylic acids is 1. The second-order valence-electron chi connectivity index (χ2n) is 4.98. The molecule has 0 radical (unpaired) electrons. The van der Waals surface area contributed by atoms with E-state index in [4.69, 9.17) is 5.11 Å². The highest BCUT2D eigenvalue weighted by Gasteiger charge is 2.27. The van der Waals surface area contributed by atoms with Gasteiger partial charge in [-0.25, -0.2) is 0 Å². The van der Waals surface area contributed by atoms with E-state index in [0.717, 1.165) is 20.9 Å². The maximum absolute atomic E-state index is 12.2. The van der Waals surface area contributed by atoms with Crippen molar-refractivity contribution < 1.29 is 14.7 Å². The summed E-state index contributed by atoms with van der Waals surface area (Å²) in [7, 11) is 0. The Morgan fingerprint density at radius 3 is 2.50 bits per heavy atom. The van der Waals surface area contributed by atoms with Gasteiger partial charge in [-0.3, -0.25) is 9.59 Å². The minimum Gasteiger partial charge on any atom is -0.481 e. The summed E-state index contributed by atoms with van der Waals surface area (Å²) in [4.78, 5) is 23.1. The van der Waals surface area contributed by atoms with Gasteiger partial charge in [0.1, 0.15) is 0 Å². The number of halogens is 2. The molecule has 0 bridgehead atoms. The summed E-state index contributed by atoms with van der Waals surface area (Å²) in [6.07, 6.45) is 2.72. The topological polar surface area (TPSA) is 66.4 Å². The summed E-state index contributed by atoms with van der Waals surface area (Å²) in [5.74, 6) is -1.09. The first-order valence-corrected chi connectivity index (χ1v) is 8.33. The lowest BCUT2D eigenvalue weighted by atomic mass is 9.86. The molecule has 4 nitrogen and oxygen atoms in total. The van der Waals surface area contributed by atoms with Crippen LogP contribution in [0.15, 0.2) is 22.7 Å². The first kappa shape index (κ1) is 15.8. The molecule has 108 valence electrons. The Kier molecular flexibility index (Phi) is 5.42. The van der Waals surface area contributed by atoms with Gasteiger partial charge in [-0.15, -0.1) is 0 Å². The SMILES string of the molecule is O=C(NC1CCC(C(=O)O)CC1)c1cc(I)ccc1Br. The van der Waals surface area contributed by atoms with Gasteiger partial charge >= 0.3 is 5.97 Å². The quantitative estimate of drug-likeness (QED) is 0.692. The fourth-order valence-electron chi connectivity index (χ4n) is 2.42. The predicted octanol–water partition coefficient (Wildman–Crippen LogP) is 3.43. The van der Waals surface area contributed by atoms with Crippen molar-refractivity contribution in [2.75, 3.05) is 0 Å². The number of benzene rings is 1. The molecule has 1 fully saturated rings. The molecule has 0 unspecified atom stereocenters. The largest absolute Gasteiger partial charge is 0.481 e. The van der Waals surface area contributed by atoms with E-state index >= 15 is 0 Å². The molecule has 1 saturated carbocycles. The van der Waals surface area contributed by atoms with E-state index in [1.165, 1.54) is 0 Å². The normalized spacial score (nSPS) is 22.3. The highest BCUT2D eigenvalue weighted by Crippen LogP contribution is 2.25. The molecular weight excluding hydrogens is 437 g/mol. The molecule has 0 atom stereocenters. The number of amides is 1. The molecule has 20 heavy (non-hydrogen) atoms. The van der Waals surface area contributed by atoms with E-state index in [1.807, 2.05) is 18.2 Å². The lowest BCUT2D eigenvalue weighted by molar-refractivity contribution is -0.142. The molecule has 0 aliphatic heterocycles. The van der Waals surface area contributed by atoms with Crippen LogP contribution < -0.4 is 5.32 Å². The fraction of sp³-hybridized carbons (Fsp3) is 0.429. The molecular formula is C14H15BrINO3. The number of nitrogens with one attached hydrogen (secondary N) is 1. The number of carboxylic acid groups (broad SMARTS) is 1. The number of hydrogen-bond donors (Lipinski definition) is 2. The second-order valence-corrected chi connectivity index (χ2v) is 7.08. The average Bonchev–Trinajstić information content (AvgIpc) is 2.42. The molecule has 2 rings (SSSR count). The van der Waals surface area contributed by atoms with Gasteiger partial charge in [-0.1, -0.05) is 0 Å². The molecule has 0 heterocycles. The Bertz CT molecular complexity index is 527. The number of carbonyl (C=O) groups excluding carboxylic acids is 1. The standard InChI is InChI=1S/C14H15BrINO3/c15-12-6-3-9(16)7-11(12)13(18)17-10-4-1-8(2-5-10)14(19)20/h3,6-8,10H,1-2,4-5H2,(H,17,18)(H,19,20). The molecule has 1 aliphatic carbocycles. The third-order valence-corrected chi connectivity index (χ3v) is 4.95. The van der Waals surface area contributed by atoms with E-state index in [9.17, 15) is 9.59 Å². The van der Waals surface area contributed by atoms with Crippen molar-refractivity contribution in [3.05, 3.63) is 31.8 Å². The van der Waals surface area contributed by atoms with Crippen molar-refractivity contribution in [2.24, 2.45) is 5.92 Å². The lowest BCUT2D eigenvalue weighted by Gasteiger charge is -2.27. The van der Waals surface area contributed by atoms with Gasteiger partial charge in [0.2, 0.25) is 0 Å². The first-order valence-electron chi connectivity index (χ1n) is 6.46. The maximum Gasteiger partial charge on any atom is 0.306 e. The van der Waals surface area contributed by atoms with Gasteiger partial charge in [0.05, 0.1) is 11.5 Å². The highest BCUT2D eigenvalue weighted by molar-refractivity contribution is 14.1. The number of rotatable bonds is 3. The number of carboxylic acids is 1. The highest BCUT2D eigenvalue weighted by atomic mass is 127. The Labute approximate surface area is 139 Å². The second kappa shape index (κ2) is 6.89. The summed E-state index contributed by atoms with van der Waals surface area (Å²) in [6.45, 7) is 0. The van der Waals surface area contributed by atoms with Crippen molar-refractivity contribution in [1.82, 2.24) is 5.32 Å². The lowest BCUT2D eigenvalue weighted by Crippen LogP contribution is -2.38. The molecule has 6 heteroatoms. The van der Waals surface area contributed by atoms with Crippen molar-refractivity contribution in [3.8, 4) is 0 Å². The summed E-state index contributed by atoms with van der Waals surface area (Å²) >= 11 is 5.55. The zero-order valence-electron chi connectivity index (χ0n) is 10.7. The van der Waals surface area contributed by atoms with Gasteiger partial charge in [0.25, 0.3) is 5.91 Å². The molecule has 1 amide bonds. The van der Waals surface area contributed by atoms with Crippen molar-refractivity contribution in [3.63, 3.8) is 0 Å². The van der Waals surface area contributed by atoms with Gasteiger partial charge in [-0.05, 0) is 82.4 Å². The average molecular weight is 452 g/mol. The summed E-state index contributed by atoms with van der Waals surface area (Å²) < 4.78 is 1.78. The Balaban J connectivity index is 1.96. The molecule has 1 aliphatic rings. The summed E-state index contributed by atoms with van der Waals surface area (Å²) in [5.41, 5.74) is 0.622. The van der Waals surface area contributed by atoms with Crippen LogP contribution in [0, 0.1) is 9.49 Å². The molecule has 0 spiro atoms. The Morgan fingerprint density at radius 2 is 1.90 bits per heavy atom. The van der Waals surface area contributed by atoms with Crippen molar-refractivity contribution in [1.29, 1.82) is 0 Å². The van der Waals surface area contributed by atoms with Gasteiger partial charge in [0.15, 0.2) is 0 Å². The van der Waals surface area contributed by atoms with E-state index in [0.29, 0.717) is 18.4 Å². The minimum atomic E-state index is -0.727. The van der Waals surface area contributed by atoms with Crippen LogP contribution in [0.5, 0.6) is 0 Å². The first-order chi connectivity index (χ1) is 9.47. The molecule has 1 aromatic carbocycles. The van der Waals surface area contributed by atoms with E-state index in [1.54, 1.807) is 0 Å². The summed E-state index contributed by atoms with van der Waals surface area (Å²) in [6, 6.07) is 5.70. The zero-order valence-corrected chi connectivity index (χ0v) is 14.5. The van der Waals surface area contributed by atoms with Crippen LogP contribution in [0.4, 0.5) is 0 Å². The van der Waals surface area contributed by atoms with Gasteiger partial charge < -0.3 is 10.4 Å². The van der Waals surface area contributed by atoms with Crippen LogP contribution in [-0.4, -0.2) is 23.0 Å². The number of carbonyl (C=O) groups is 2. The third kappa shape index (κ3) is 3.94. The smallest absolute Gasteiger partial charge is 0.306 e. The van der Waals surface area contributed by atoms with Gasteiger partial charge in [-0.2, -0.15) is 0 Å². The Morgan fingerprint density at radius 1 is 1.25 bits per heavy atom. The molecule has 0 aromatic heterocycles. The zero-order chi connectivity index (χ0) is 14.7. The van der Waals surface area contributed by atoms with Gasteiger partial charge in [0, 0.05) is 14.1 Å². The van der Waals surface area contributed by atoms with Crippen LogP contribution in [0.25, 0.3) is 0 Å². The minimum absolute atomic E-state index is 0.0721. The molecule has 2 N–H and O–H groups in total. The molecule has 0 saturated heterocycles. The van der Waals surface area contributed by atoms with Crippen molar-refractivity contribution >= 4 is 50.4 Å². The fourth-order valence-corrected chi connectivity index (χ4v) is 3.34. The monoisotopic (exact) mass is 451 g/mol. The third-order valence-electron chi connectivity index (χ3n) is 3.58. The molecule has 1 aromatic rings. The van der Waals surface area contributed by atoms with Crippen LogP contribution in [0.3, 0.4) is 0 Å². The van der Waals surface area contributed by atoms with Crippen molar-refractivity contribution in [2.45, 2.75) is 31.7 Å². The Hall–Kier alpha value is -0.630. The van der Waals surface area contributed by atoms with Crippen LogP contribution in [-0.2, 0) is 4.79 Å². The van der Waals surface area contributed by atoms with Crippen LogP contribution >= 0.6 is 38.5 Å². The van der Waals surface area contributed by atoms with E-state index < -0.39 is 5.97 Å². The number of hydrogen-bond acceptors (Lipinski definition) is 2. The predicted molar refractivity (Wildman–Crippen MR) is 87.7 cm³/mol. The van der Waals surface area contributed by atoms with E-state index in [2.05, 4.69) is 43.8 Å². The van der Waals surface area contributed by atoms with E-state index in [-0.39, 0.29) is 17.9 Å². The maximum atomic E-state index is 12.2. The van der Waals surface area contributed by atoms with Crippen LogP contribution in [0.1, 0.15) is 36.0 Å².